The Hall–Kier alpha value is -2.20. The van der Waals surface area contributed by atoms with E-state index < -0.39 is 5.97 Å². The van der Waals surface area contributed by atoms with Gasteiger partial charge in [-0.15, -0.1) is 11.8 Å². The number of phenolic OH excluding ortho intramolecular Hbond substituents is 1. The van der Waals surface area contributed by atoms with Crippen molar-refractivity contribution in [3.8, 4) is 11.5 Å². The van der Waals surface area contributed by atoms with E-state index in [1.807, 2.05) is 12.1 Å². The molecule has 0 aromatic heterocycles. The smallest absolute Gasteiger partial charge is 0.349 e. The van der Waals surface area contributed by atoms with Crippen molar-refractivity contribution in [3.63, 3.8) is 0 Å². The molecule has 2 aromatic rings. The van der Waals surface area contributed by atoms with Gasteiger partial charge in [0.1, 0.15) is 11.5 Å². The zero-order valence-corrected chi connectivity index (χ0v) is 11.6. The van der Waals surface area contributed by atoms with Gasteiger partial charge in [-0.25, -0.2) is 4.79 Å². The van der Waals surface area contributed by atoms with Crippen LogP contribution in [0.2, 0.25) is 0 Å². The molecule has 2 aromatic carbocycles. The van der Waals surface area contributed by atoms with Crippen LogP contribution in [0.1, 0.15) is 5.56 Å². The van der Waals surface area contributed by atoms with E-state index in [-0.39, 0.29) is 5.75 Å². The van der Waals surface area contributed by atoms with Crippen LogP contribution in [0.5, 0.6) is 11.5 Å². The Balaban J connectivity index is 1.89. The average Bonchev–Trinajstić information content (AvgIpc) is 2.47. The zero-order valence-electron chi connectivity index (χ0n) is 10.8. The number of hydrogen-bond donors (Lipinski definition) is 1. The molecule has 1 N–H and O–H groups in total. The van der Waals surface area contributed by atoms with Crippen LogP contribution < -0.4 is 4.74 Å². The second-order valence-electron chi connectivity index (χ2n) is 4.04. The number of rotatable bonds is 5. The lowest BCUT2D eigenvalue weighted by molar-refractivity contribution is -0.129. The molecule has 102 valence electrons. The van der Waals surface area contributed by atoms with Crippen LogP contribution in [0.15, 0.2) is 66.1 Å². The number of carbonyl (C=O) groups excluding carboxylic acids is 1. The Labute approximate surface area is 121 Å². The fourth-order valence-electron chi connectivity index (χ4n) is 1.51. The summed E-state index contributed by atoms with van der Waals surface area (Å²) in [6.07, 6.45) is 0. The molecule has 0 saturated heterocycles. The molecule has 0 aliphatic carbocycles. The quantitative estimate of drug-likeness (QED) is 0.516. The zero-order chi connectivity index (χ0) is 14.4. The Morgan fingerprint density at radius 3 is 2.45 bits per heavy atom. The number of ether oxygens (including phenoxy) is 1. The predicted molar refractivity (Wildman–Crippen MR) is 80.6 cm³/mol. The standard InChI is InChI=1S/C16H14O3S/c1-12(16(18)19-14-8-3-2-4-9-14)20-11-13-7-5-6-10-15(13)17/h2-10,17H,1,11H2. The summed E-state index contributed by atoms with van der Waals surface area (Å²) in [6.45, 7) is 3.70. The molecule has 0 radical (unpaired) electrons. The van der Waals surface area contributed by atoms with Gasteiger partial charge >= 0.3 is 5.97 Å². The van der Waals surface area contributed by atoms with Gasteiger partial charge < -0.3 is 9.84 Å². The lowest BCUT2D eigenvalue weighted by atomic mass is 10.2. The molecule has 0 aliphatic rings. The van der Waals surface area contributed by atoms with Gasteiger partial charge in [0.2, 0.25) is 0 Å². The first-order valence-electron chi connectivity index (χ1n) is 6.02. The van der Waals surface area contributed by atoms with Crippen LogP contribution in [0.3, 0.4) is 0 Å². The molecule has 0 bridgehead atoms. The highest BCUT2D eigenvalue weighted by Crippen LogP contribution is 2.26. The van der Waals surface area contributed by atoms with E-state index in [0.29, 0.717) is 16.4 Å². The Bertz CT molecular complexity index is 608. The van der Waals surface area contributed by atoms with E-state index in [1.165, 1.54) is 11.8 Å². The fraction of sp³-hybridized carbons (Fsp3) is 0.0625. The molecule has 0 heterocycles. The maximum absolute atomic E-state index is 11.8. The van der Waals surface area contributed by atoms with E-state index in [4.69, 9.17) is 4.74 Å². The van der Waals surface area contributed by atoms with Crippen LogP contribution in [0, 0.1) is 0 Å². The molecule has 0 aliphatic heterocycles. The normalized spacial score (nSPS) is 10.0. The summed E-state index contributed by atoms with van der Waals surface area (Å²) in [6, 6.07) is 15.8. The van der Waals surface area contributed by atoms with Crippen molar-refractivity contribution >= 4 is 17.7 Å². The first-order valence-corrected chi connectivity index (χ1v) is 7.01. The van der Waals surface area contributed by atoms with Gasteiger partial charge in [-0.05, 0) is 18.2 Å². The lowest BCUT2D eigenvalue weighted by Gasteiger charge is -2.07. The molecule has 0 atom stereocenters. The van der Waals surface area contributed by atoms with Gasteiger partial charge in [-0.2, -0.15) is 0 Å². The van der Waals surface area contributed by atoms with Crippen molar-refractivity contribution in [1.29, 1.82) is 0 Å². The highest BCUT2D eigenvalue weighted by atomic mass is 32.2. The molecule has 0 amide bonds. The third-order valence-corrected chi connectivity index (χ3v) is 3.55. The van der Waals surface area contributed by atoms with Crippen molar-refractivity contribution < 1.29 is 14.6 Å². The molecular formula is C16H14O3S. The Kier molecular flexibility index (Phi) is 4.85. The maximum Gasteiger partial charge on any atom is 0.349 e. The number of para-hydroxylation sites is 2. The number of benzene rings is 2. The minimum atomic E-state index is -0.475. The van der Waals surface area contributed by atoms with Gasteiger partial charge in [0.15, 0.2) is 0 Å². The van der Waals surface area contributed by atoms with E-state index >= 15 is 0 Å². The molecule has 2 rings (SSSR count). The summed E-state index contributed by atoms with van der Waals surface area (Å²) < 4.78 is 5.17. The summed E-state index contributed by atoms with van der Waals surface area (Å²) >= 11 is 1.24. The number of carbonyl (C=O) groups is 1. The van der Waals surface area contributed by atoms with Gasteiger partial charge in [0.05, 0.1) is 4.91 Å². The molecule has 0 saturated carbocycles. The topological polar surface area (TPSA) is 46.5 Å². The van der Waals surface area contributed by atoms with Crippen LogP contribution in [0.25, 0.3) is 0 Å². The van der Waals surface area contributed by atoms with Crippen LogP contribution >= 0.6 is 11.8 Å². The molecule has 0 spiro atoms. The molecule has 3 nitrogen and oxygen atoms in total. The summed E-state index contributed by atoms with van der Waals surface area (Å²) in [5.74, 6) is 0.692. The van der Waals surface area contributed by atoms with Gasteiger partial charge in [0.25, 0.3) is 0 Å². The lowest BCUT2D eigenvalue weighted by Crippen LogP contribution is -2.08. The highest BCUT2D eigenvalue weighted by molar-refractivity contribution is 8.03. The van der Waals surface area contributed by atoms with Crippen LogP contribution in [0.4, 0.5) is 0 Å². The van der Waals surface area contributed by atoms with E-state index in [0.717, 1.165) is 5.56 Å². The highest BCUT2D eigenvalue weighted by Gasteiger charge is 2.11. The molecule has 0 unspecified atom stereocenters. The molecular weight excluding hydrogens is 272 g/mol. The average molecular weight is 286 g/mol. The predicted octanol–water partition coefficient (Wildman–Crippen LogP) is 3.74. The van der Waals surface area contributed by atoms with Crippen molar-refractivity contribution in [2.24, 2.45) is 0 Å². The van der Waals surface area contributed by atoms with Gasteiger partial charge in [-0.1, -0.05) is 43.0 Å². The monoisotopic (exact) mass is 286 g/mol. The molecule has 20 heavy (non-hydrogen) atoms. The second-order valence-corrected chi connectivity index (χ2v) is 5.11. The number of phenols is 1. The van der Waals surface area contributed by atoms with Crippen molar-refractivity contribution in [2.75, 3.05) is 0 Å². The number of hydrogen-bond acceptors (Lipinski definition) is 4. The van der Waals surface area contributed by atoms with Crippen LogP contribution in [-0.2, 0) is 10.5 Å². The molecule has 0 fully saturated rings. The first-order chi connectivity index (χ1) is 9.66. The number of esters is 1. The molecule has 4 heteroatoms. The third kappa shape index (κ3) is 3.90. The summed E-state index contributed by atoms with van der Waals surface area (Å²) in [5.41, 5.74) is 0.756. The Morgan fingerprint density at radius 1 is 1.10 bits per heavy atom. The maximum atomic E-state index is 11.8. The first kappa shape index (κ1) is 14.2. The minimum absolute atomic E-state index is 0.212. The Morgan fingerprint density at radius 2 is 1.75 bits per heavy atom. The SMILES string of the molecule is C=C(SCc1ccccc1O)C(=O)Oc1ccccc1. The number of aromatic hydroxyl groups is 1. The van der Waals surface area contributed by atoms with Gasteiger partial charge in [-0.3, -0.25) is 0 Å². The third-order valence-electron chi connectivity index (χ3n) is 2.57. The van der Waals surface area contributed by atoms with E-state index in [9.17, 15) is 9.90 Å². The number of thioether (sulfide) groups is 1. The van der Waals surface area contributed by atoms with Crippen molar-refractivity contribution in [1.82, 2.24) is 0 Å². The summed E-state index contributed by atoms with van der Waals surface area (Å²) in [4.78, 5) is 12.1. The van der Waals surface area contributed by atoms with E-state index in [2.05, 4.69) is 6.58 Å². The fourth-order valence-corrected chi connectivity index (χ4v) is 2.24. The van der Waals surface area contributed by atoms with Gasteiger partial charge in [0, 0.05) is 11.3 Å². The van der Waals surface area contributed by atoms with E-state index in [1.54, 1.807) is 42.5 Å². The van der Waals surface area contributed by atoms with Crippen LogP contribution in [-0.4, -0.2) is 11.1 Å². The minimum Gasteiger partial charge on any atom is -0.508 e. The second kappa shape index (κ2) is 6.82. The van der Waals surface area contributed by atoms with Crippen molar-refractivity contribution in [2.45, 2.75) is 5.75 Å². The summed E-state index contributed by atoms with van der Waals surface area (Å²) in [7, 11) is 0. The summed E-state index contributed by atoms with van der Waals surface area (Å²) in [5, 5.41) is 9.64. The largest absolute Gasteiger partial charge is 0.508 e. The van der Waals surface area contributed by atoms with Crippen molar-refractivity contribution in [3.05, 3.63) is 71.6 Å².